The van der Waals surface area contributed by atoms with Crippen LogP contribution < -0.4 is 5.32 Å². The van der Waals surface area contributed by atoms with Gasteiger partial charge in [0.25, 0.3) is 0 Å². The molecule has 0 atom stereocenters. The van der Waals surface area contributed by atoms with E-state index in [2.05, 4.69) is 38.2 Å². The van der Waals surface area contributed by atoms with Crippen molar-refractivity contribution in [2.45, 2.75) is 57.6 Å². The lowest BCUT2D eigenvalue weighted by Gasteiger charge is -2.42. The van der Waals surface area contributed by atoms with Gasteiger partial charge in [-0.3, -0.25) is 0 Å². The summed E-state index contributed by atoms with van der Waals surface area (Å²) >= 11 is 0. The highest BCUT2D eigenvalue weighted by atomic mass is 16.5. The van der Waals surface area contributed by atoms with Crippen LogP contribution in [0.15, 0.2) is 0 Å². The van der Waals surface area contributed by atoms with Gasteiger partial charge in [0, 0.05) is 12.6 Å². The molecule has 1 saturated carbocycles. The molecule has 0 saturated heterocycles. The van der Waals surface area contributed by atoms with E-state index >= 15 is 0 Å². The number of rotatable bonds is 9. The molecule has 3 heteroatoms. The van der Waals surface area contributed by atoms with Gasteiger partial charge >= 0.3 is 0 Å². The molecule has 1 aliphatic rings. The van der Waals surface area contributed by atoms with Crippen molar-refractivity contribution in [2.24, 2.45) is 0 Å². The fourth-order valence-corrected chi connectivity index (χ4v) is 2.30. The summed E-state index contributed by atoms with van der Waals surface area (Å²) in [6.45, 7) is 7.53. The summed E-state index contributed by atoms with van der Waals surface area (Å²) in [4.78, 5) is 2.22. The van der Waals surface area contributed by atoms with Crippen LogP contribution in [0.5, 0.6) is 0 Å². The average Bonchev–Trinajstić information content (AvgIpc) is 2.18. The summed E-state index contributed by atoms with van der Waals surface area (Å²) in [6, 6.07) is 0.584. The Hall–Kier alpha value is -0.120. The molecule has 0 aromatic rings. The lowest BCUT2D eigenvalue weighted by atomic mass is 9.77. The predicted molar refractivity (Wildman–Crippen MR) is 73.5 cm³/mol. The average molecular weight is 242 g/mol. The van der Waals surface area contributed by atoms with Gasteiger partial charge in [-0.05, 0) is 59.3 Å². The minimum Gasteiger partial charge on any atom is -0.375 e. The monoisotopic (exact) mass is 242 g/mol. The van der Waals surface area contributed by atoms with Crippen LogP contribution in [0.2, 0.25) is 0 Å². The van der Waals surface area contributed by atoms with E-state index in [1.54, 1.807) is 0 Å². The first-order valence-corrected chi connectivity index (χ1v) is 7.06. The number of hydrogen-bond donors (Lipinski definition) is 1. The van der Waals surface area contributed by atoms with Crippen LogP contribution in [-0.2, 0) is 4.74 Å². The molecule has 0 aromatic heterocycles. The molecule has 0 heterocycles. The molecule has 0 aromatic carbocycles. The van der Waals surface area contributed by atoms with Gasteiger partial charge in [0.05, 0.1) is 5.60 Å². The Balaban J connectivity index is 2.12. The molecule has 0 radical (unpaired) electrons. The second kappa shape index (κ2) is 7.34. The van der Waals surface area contributed by atoms with E-state index in [4.69, 9.17) is 4.74 Å². The van der Waals surface area contributed by atoms with Gasteiger partial charge in [0.1, 0.15) is 0 Å². The van der Waals surface area contributed by atoms with Crippen molar-refractivity contribution < 1.29 is 4.74 Å². The van der Waals surface area contributed by atoms with Gasteiger partial charge in [0.15, 0.2) is 0 Å². The van der Waals surface area contributed by atoms with E-state index in [1.807, 2.05) is 0 Å². The van der Waals surface area contributed by atoms with Gasteiger partial charge in [-0.15, -0.1) is 0 Å². The third-order valence-corrected chi connectivity index (χ3v) is 3.56. The van der Waals surface area contributed by atoms with Crippen molar-refractivity contribution in [3.8, 4) is 0 Å². The first-order valence-electron chi connectivity index (χ1n) is 7.06. The molecule has 1 aliphatic carbocycles. The molecule has 0 aliphatic heterocycles. The molecule has 0 unspecified atom stereocenters. The predicted octanol–water partition coefficient (Wildman–Crippen LogP) is 2.27. The molecule has 17 heavy (non-hydrogen) atoms. The Labute approximate surface area is 107 Å². The summed E-state index contributed by atoms with van der Waals surface area (Å²) < 4.78 is 6.13. The number of hydrogen-bond acceptors (Lipinski definition) is 3. The zero-order chi connectivity index (χ0) is 12.7. The van der Waals surface area contributed by atoms with Gasteiger partial charge in [-0.2, -0.15) is 0 Å². The fourth-order valence-electron chi connectivity index (χ4n) is 2.30. The van der Waals surface area contributed by atoms with Crippen LogP contribution in [0, 0.1) is 0 Å². The quantitative estimate of drug-likeness (QED) is 0.628. The van der Waals surface area contributed by atoms with Crippen molar-refractivity contribution in [1.82, 2.24) is 10.2 Å². The molecule has 1 fully saturated rings. The van der Waals surface area contributed by atoms with Gasteiger partial charge in [-0.25, -0.2) is 0 Å². The van der Waals surface area contributed by atoms with Crippen LogP contribution in [0.25, 0.3) is 0 Å². The number of nitrogens with zero attached hydrogens (tertiary/aromatic N) is 1. The van der Waals surface area contributed by atoms with Crippen molar-refractivity contribution in [2.75, 3.05) is 33.8 Å². The maximum atomic E-state index is 6.13. The van der Waals surface area contributed by atoms with Crippen LogP contribution in [0.3, 0.4) is 0 Å². The van der Waals surface area contributed by atoms with E-state index in [0.717, 1.165) is 26.1 Å². The summed E-state index contributed by atoms with van der Waals surface area (Å²) in [6.07, 6.45) is 6.18. The Morgan fingerprint density at radius 1 is 1.29 bits per heavy atom. The summed E-state index contributed by atoms with van der Waals surface area (Å²) in [5.74, 6) is 0. The maximum Gasteiger partial charge on any atom is 0.0694 e. The van der Waals surface area contributed by atoms with E-state index in [9.17, 15) is 0 Å². The third-order valence-electron chi connectivity index (χ3n) is 3.56. The SMILES string of the molecule is CC(C)NCCC1(OCCCN(C)C)CCC1. The van der Waals surface area contributed by atoms with Crippen LogP contribution in [0.1, 0.15) is 46.0 Å². The van der Waals surface area contributed by atoms with Crippen LogP contribution in [0.4, 0.5) is 0 Å². The molecular formula is C14H30N2O. The highest BCUT2D eigenvalue weighted by Gasteiger charge is 2.37. The van der Waals surface area contributed by atoms with Crippen LogP contribution in [-0.4, -0.2) is 50.3 Å². The maximum absolute atomic E-state index is 6.13. The standard InChI is InChI=1S/C14H30N2O/c1-13(2)15-10-9-14(7-5-8-14)17-12-6-11-16(3)4/h13,15H,5-12H2,1-4H3. The minimum absolute atomic E-state index is 0.216. The Morgan fingerprint density at radius 2 is 2.00 bits per heavy atom. The molecular weight excluding hydrogens is 212 g/mol. The second-order valence-electron chi connectivity index (χ2n) is 5.90. The number of ether oxygens (including phenoxy) is 1. The van der Waals surface area contributed by atoms with Crippen molar-refractivity contribution >= 4 is 0 Å². The fraction of sp³-hybridized carbons (Fsp3) is 1.00. The highest BCUT2D eigenvalue weighted by molar-refractivity contribution is 4.90. The van der Waals surface area contributed by atoms with Gasteiger partial charge in [0.2, 0.25) is 0 Å². The molecule has 0 bridgehead atoms. The molecule has 1 rings (SSSR count). The highest BCUT2D eigenvalue weighted by Crippen LogP contribution is 2.38. The van der Waals surface area contributed by atoms with Gasteiger partial charge < -0.3 is 15.0 Å². The molecule has 0 spiro atoms. The van der Waals surface area contributed by atoms with E-state index < -0.39 is 0 Å². The molecule has 1 N–H and O–H groups in total. The van der Waals surface area contributed by atoms with Crippen molar-refractivity contribution in [3.05, 3.63) is 0 Å². The van der Waals surface area contributed by atoms with Crippen molar-refractivity contribution in [1.29, 1.82) is 0 Å². The minimum atomic E-state index is 0.216. The third kappa shape index (κ3) is 5.84. The molecule has 3 nitrogen and oxygen atoms in total. The summed E-state index contributed by atoms with van der Waals surface area (Å²) in [5.41, 5.74) is 0.216. The molecule has 0 amide bonds. The smallest absolute Gasteiger partial charge is 0.0694 e. The second-order valence-corrected chi connectivity index (χ2v) is 5.90. The van der Waals surface area contributed by atoms with Gasteiger partial charge in [-0.1, -0.05) is 13.8 Å². The Morgan fingerprint density at radius 3 is 2.47 bits per heavy atom. The zero-order valence-electron chi connectivity index (χ0n) is 12.1. The van der Waals surface area contributed by atoms with E-state index in [-0.39, 0.29) is 5.60 Å². The first kappa shape index (κ1) is 14.9. The van der Waals surface area contributed by atoms with Crippen molar-refractivity contribution in [3.63, 3.8) is 0 Å². The summed E-state index contributed by atoms with van der Waals surface area (Å²) in [7, 11) is 4.23. The normalized spacial score (nSPS) is 18.7. The topological polar surface area (TPSA) is 24.5 Å². The van der Waals surface area contributed by atoms with E-state index in [0.29, 0.717) is 6.04 Å². The largest absolute Gasteiger partial charge is 0.375 e. The lowest BCUT2D eigenvalue weighted by molar-refractivity contribution is -0.105. The number of nitrogens with one attached hydrogen (secondary N) is 1. The Bertz CT molecular complexity index is 200. The lowest BCUT2D eigenvalue weighted by Crippen LogP contribution is -2.43. The van der Waals surface area contributed by atoms with Crippen LogP contribution >= 0.6 is 0 Å². The zero-order valence-corrected chi connectivity index (χ0v) is 12.1. The first-order chi connectivity index (χ1) is 8.04. The summed E-state index contributed by atoms with van der Waals surface area (Å²) in [5, 5.41) is 3.49. The van der Waals surface area contributed by atoms with E-state index in [1.165, 1.54) is 25.7 Å². The molecule has 102 valence electrons. The Kier molecular flexibility index (Phi) is 6.45.